The fourth-order valence-electron chi connectivity index (χ4n) is 1.52. The van der Waals surface area contributed by atoms with E-state index in [1.165, 1.54) is 0 Å². The molecule has 0 bridgehead atoms. The van der Waals surface area contributed by atoms with Gasteiger partial charge in [0.05, 0.1) is 0 Å². The Bertz CT molecular complexity index is 465. The maximum absolute atomic E-state index is 11.7. The summed E-state index contributed by atoms with van der Waals surface area (Å²) < 4.78 is 0. The number of urea groups is 1. The zero-order valence-corrected chi connectivity index (χ0v) is 7.86. The minimum Gasteiger partial charge on any atom is -0.350 e. The van der Waals surface area contributed by atoms with Gasteiger partial charge in [-0.2, -0.15) is 5.10 Å². The van der Waals surface area contributed by atoms with Crippen molar-refractivity contribution in [3.63, 3.8) is 0 Å². The summed E-state index contributed by atoms with van der Waals surface area (Å²) in [5.41, 5.74) is 8.79. The van der Waals surface area contributed by atoms with Crippen LogP contribution in [0, 0.1) is 0 Å². The number of primary amides is 1. The average Bonchev–Trinajstić information content (AvgIpc) is 2.54. The van der Waals surface area contributed by atoms with Gasteiger partial charge < -0.3 is 5.73 Å². The Labute approximate surface area is 86.0 Å². The average molecular weight is 203 g/mol. The van der Waals surface area contributed by atoms with Gasteiger partial charge in [-0.15, -0.1) is 0 Å². The number of carbonyl (C=O) groups excluding carboxylic acids is 2. The SMILES string of the molecule is NC(=O)N/N=C1\Cc2ccccc2C1=O. The van der Waals surface area contributed by atoms with Gasteiger partial charge in [0.25, 0.3) is 0 Å². The second kappa shape index (κ2) is 3.53. The number of Topliss-reactive ketones (excluding diaryl/α,β-unsaturated/α-hetero) is 1. The Kier molecular flexibility index (Phi) is 2.21. The highest BCUT2D eigenvalue weighted by molar-refractivity contribution is 6.49. The summed E-state index contributed by atoms with van der Waals surface area (Å²) in [6, 6.07) is 6.48. The van der Waals surface area contributed by atoms with Gasteiger partial charge in [-0.1, -0.05) is 24.3 Å². The van der Waals surface area contributed by atoms with E-state index in [4.69, 9.17) is 5.73 Å². The van der Waals surface area contributed by atoms with Crippen LogP contribution < -0.4 is 11.2 Å². The van der Waals surface area contributed by atoms with E-state index >= 15 is 0 Å². The van der Waals surface area contributed by atoms with Crippen LogP contribution in [0.15, 0.2) is 29.4 Å². The van der Waals surface area contributed by atoms with Gasteiger partial charge in [0.2, 0.25) is 5.78 Å². The van der Waals surface area contributed by atoms with E-state index in [0.717, 1.165) is 5.56 Å². The normalized spacial score (nSPS) is 16.5. The molecular formula is C10H9N3O2. The van der Waals surface area contributed by atoms with Gasteiger partial charge in [-0.3, -0.25) is 4.79 Å². The monoisotopic (exact) mass is 203 g/mol. The van der Waals surface area contributed by atoms with E-state index in [1.54, 1.807) is 12.1 Å². The Hall–Kier alpha value is -2.17. The Morgan fingerprint density at radius 2 is 2.13 bits per heavy atom. The van der Waals surface area contributed by atoms with Crippen molar-refractivity contribution >= 4 is 17.5 Å². The number of carbonyl (C=O) groups is 2. The summed E-state index contributed by atoms with van der Waals surface area (Å²) in [5, 5.41) is 3.66. The molecule has 0 radical (unpaired) electrons. The molecule has 0 unspecified atom stereocenters. The lowest BCUT2D eigenvalue weighted by Gasteiger charge is -1.94. The highest BCUT2D eigenvalue weighted by Gasteiger charge is 2.25. The summed E-state index contributed by atoms with van der Waals surface area (Å²) in [5.74, 6) is -0.153. The first-order valence-corrected chi connectivity index (χ1v) is 4.43. The number of benzene rings is 1. The molecule has 2 amide bonds. The summed E-state index contributed by atoms with van der Waals surface area (Å²) in [7, 11) is 0. The zero-order valence-electron chi connectivity index (χ0n) is 7.86. The van der Waals surface area contributed by atoms with Gasteiger partial charge in [0, 0.05) is 12.0 Å². The predicted molar refractivity (Wildman–Crippen MR) is 54.6 cm³/mol. The molecule has 0 saturated carbocycles. The minimum absolute atomic E-state index is 0.153. The molecular weight excluding hydrogens is 194 g/mol. The smallest absolute Gasteiger partial charge is 0.332 e. The summed E-state index contributed by atoms with van der Waals surface area (Å²) in [4.78, 5) is 22.1. The first kappa shape index (κ1) is 9.39. The number of nitrogens with zero attached hydrogens (tertiary/aromatic N) is 1. The van der Waals surface area contributed by atoms with Crippen LogP contribution in [0.1, 0.15) is 15.9 Å². The molecule has 0 aliphatic heterocycles. The Balaban J connectivity index is 2.27. The van der Waals surface area contributed by atoms with Crippen molar-refractivity contribution in [3.8, 4) is 0 Å². The fourth-order valence-corrected chi connectivity index (χ4v) is 1.52. The quantitative estimate of drug-likeness (QED) is 0.649. The van der Waals surface area contributed by atoms with E-state index in [0.29, 0.717) is 17.7 Å². The van der Waals surface area contributed by atoms with Gasteiger partial charge >= 0.3 is 6.03 Å². The van der Waals surface area contributed by atoms with Crippen LogP contribution in [-0.2, 0) is 6.42 Å². The number of hydrogen-bond donors (Lipinski definition) is 2. The molecule has 2 rings (SSSR count). The number of fused-ring (bicyclic) bond motifs is 1. The molecule has 1 aromatic rings. The Morgan fingerprint density at radius 1 is 1.40 bits per heavy atom. The van der Waals surface area contributed by atoms with Gasteiger partial charge in [-0.25, -0.2) is 10.2 Å². The molecule has 0 aromatic heterocycles. The second-order valence-corrected chi connectivity index (χ2v) is 3.20. The largest absolute Gasteiger partial charge is 0.350 e. The van der Waals surface area contributed by atoms with Crippen molar-refractivity contribution in [2.24, 2.45) is 10.8 Å². The van der Waals surface area contributed by atoms with E-state index in [2.05, 4.69) is 10.5 Å². The van der Waals surface area contributed by atoms with E-state index < -0.39 is 6.03 Å². The third-order valence-corrected chi connectivity index (χ3v) is 2.18. The molecule has 76 valence electrons. The highest BCUT2D eigenvalue weighted by atomic mass is 16.2. The van der Waals surface area contributed by atoms with E-state index in [9.17, 15) is 9.59 Å². The van der Waals surface area contributed by atoms with Crippen molar-refractivity contribution in [1.29, 1.82) is 0 Å². The van der Waals surface area contributed by atoms with Crippen LogP contribution in [0.2, 0.25) is 0 Å². The number of hydrogen-bond acceptors (Lipinski definition) is 3. The van der Waals surface area contributed by atoms with Gasteiger partial charge in [-0.05, 0) is 5.56 Å². The standard InChI is InChI=1S/C10H9N3O2/c11-10(15)13-12-8-5-6-3-1-2-4-7(6)9(8)14/h1-4H,5H2,(H3,11,13,15)/b12-8+. The highest BCUT2D eigenvalue weighted by Crippen LogP contribution is 2.19. The molecule has 0 heterocycles. The molecule has 1 aliphatic rings. The molecule has 0 fully saturated rings. The number of ketones is 1. The molecule has 1 aromatic carbocycles. The van der Waals surface area contributed by atoms with Gasteiger partial charge in [0.1, 0.15) is 5.71 Å². The zero-order chi connectivity index (χ0) is 10.8. The van der Waals surface area contributed by atoms with Crippen LogP contribution in [0.5, 0.6) is 0 Å². The summed E-state index contributed by atoms with van der Waals surface area (Å²) >= 11 is 0. The number of amides is 2. The van der Waals surface area contributed by atoms with E-state index in [-0.39, 0.29) is 5.78 Å². The van der Waals surface area contributed by atoms with Crippen LogP contribution in [0.25, 0.3) is 0 Å². The second-order valence-electron chi connectivity index (χ2n) is 3.20. The van der Waals surface area contributed by atoms with E-state index in [1.807, 2.05) is 12.1 Å². The molecule has 0 saturated heterocycles. The lowest BCUT2D eigenvalue weighted by Crippen LogP contribution is -2.27. The summed E-state index contributed by atoms with van der Waals surface area (Å²) in [6.07, 6.45) is 0.440. The van der Waals surface area contributed by atoms with Crippen LogP contribution in [-0.4, -0.2) is 17.5 Å². The first-order valence-electron chi connectivity index (χ1n) is 4.43. The van der Waals surface area contributed by atoms with Crippen molar-refractivity contribution in [3.05, 3.63) is 35.4 Å². The Morgan fingerprint density at radius 3 is 2.80 bits per heavy atom. The number of nitrogens with one attached hydrogen (secondary N) is 1. The van der Waals surface area contributed by atoms with Crippen molar-refractivity contribution in [2.45, 2.75) is 6.42 Å². The molecule has 5 nitrogen and oxygen atoms in total. The third-order valence-electron chi connectivity index (χ3n) is 2.18. The lowest BCUT2D eigenvalue weighted by atomic mass is 10.1. The summed E-state index contributed by atoms with van der Waals surface area (Å²) in [6.45, 7) is 0. The van der Waals surface area contributed by atoms with Crippen molar-refractivity contribution in [1.82, 2.24) is 5.43 Å². The third kappa shape index (κ3) is 1.71. The lowest BCUT2D eigenvalue weighted by molar-refractivity contribution is 0.106. The molecule has 1 aliphatic carbocycles. The van der Waals surface area contributed by atoms with Crippen molar-refractivity contribution in [2.75, 3.05) is 0 Å². The number of rotatable bonds is 1. The molecule has 3 N–H and O–H groups in total. The fraction of sp³-hybridized carbons (Fsp3) is 0.100. The maximum atomic E-state index is 11.7. The number of hydrazone groups is 1. The van der Waals surface area contributed by atoms with Gasteiger partial charge in [0.15, 0.2) is 0 Å². The van der Waals surface area contributed by atoms with Crippen LogP contribution in [0.4, 0.5) is 4.79 Å². The predicted octanol–water partition coefficient (Wildman–Crippen LogP) is 0.450. The molecule has 0 spiro atoms. The topological polar surface area (TPSA) is 84.6 Å². The minimum atomic E-state index is -0.772. The van der Waals surface area contributed by atoms with Crippen molar-refractivity contribution < 1.29 is 9.59 Å². The van der Waals surface area contributed by atoms with Crippen LogP contribution in [0.3, 0.4) is 0 Å². The maximum Gasteiger partial charge on any atom is 0.332 e. The molecule has 0 atom stereocenters. The van der Waals surface area contributed by atoms with Crippen LogP contribution >= 0.6 is 0 Å². The molecule has 15 heavy (non-hydrogen) atoms. The number of nitrogens with two attached hydrogens (primary N) is 1. The molecule has 5 heteroatoms. The first-order chi connectivity index (χ1) is 7.18.